The lowest BCUT2D eigenvalue weighted by Crippen LogP contribution is -2.14. The van der Waals surface area contributed by atoms with E-state index in [0.29, 0.717) is 27.0 Å². The summed E-state index contributed by atoms with van der Waals surface area (Å²) in [4.78, 5) is 7.08. The molecule has 0 aromatic heterocycles. The van der Waals surface area contributed by atoms with Crippen molar-refractivity contribution in [3.63, 3.8) is 0 Å². The molecule has 0 fully saturated rings. The van der Waals surface area contributed by atoms with Crippen LogP contribution in [0.15, 0.2) is 50.6 Å². The molecule has 0 saturated heterocycles. The fourth-order valence-electron chi connectivity index (χ4n) is 2.77. The maximum atomic E-state index is 14.0. The zero-order chi connectivity index (χ0) is 21.6. The summed E-state index contributed by atoms with van der Waals surface area (Å²) in [6, 6.07) is 10.9. The van der Waals surface area contributed by atoms with Crippen LogP contribution in [0.5, 0.6) is 5.75 Å². The number of methoxy groups -OCH3 is 1. The summed E-state index contributed by atoms with van der Waals surface area (Å²) < 4.78 is 23.9. The first-order valence-corrected chi connectivity index (χ1v) is 11.7. The summed E-state index contributed by atoms with van der Waals surface area (Å²) in [5.74, 6) is 1.38. The van der Waals surface area contributed by atoms with Crippen LogP contribution >= 0.6 is 11.6 Å². The Morgan fingerprint density at radius 1 is 1.24 bits per heavy atom. The van der Waals surface area contributed by atoms with Gasteiger partial charge in [-0.2, -0.15) is 4.36 Å². The molecule has 0 N–H and O–H groups in total. The third-order valence-electron chi connectivity index (χ3n) is 4.37. The summed E-state index contributed by atoms with van der Waals surface area (Å²) in [5.41, 5.74) is 2.17. The van der Waals surface area contributed by atoms with Gasteiger partial charge in [-0.15, -0.1) is 0 Å². The van der Waals surface area contributed by atoms with Gasteiger partial charge in [-0.25, -0.2) is 9.20 Å². The molecule has 5 nitrogen and oxygen atoms in total. The zero-order valence-corrected chi connectivity index (χ0v) is 19.5. The monoisotopic (exact) mass is 435 g/mol. The van der Waals surface area contributed by atoms with E-state index >= 15 is 0 Å². The van der Waals surface area contributed by atoms with E-state index in [4.69, 9.17) is 16.3 Å². The number of aryl methyl sites for hydroxylation is 1. The van der Waals surface area contributed by atoms with Crippen molar-refractivity contribution in [3.8, 4) is 5.75 Å². The first kappa shape index (κ1) is 23.2. The highest BCUT2D eigenvalue weighted by molar-refractivity contribution is 7.93. The lowest BCUT2D eigenvalue weighted by molar-refractivity contribution is 0.415. The Morgan fingerprint density at radius 3 is 2.45 bits per heavy atom. The van der Waals surface area contributed by atoms with Crippen LogP contribution in [-0.4, -0.2) is 41.9 Å². The van der Waals surface area contributed by atoms with Crippen LogP contribution in [0.25, 0.3) is 0 Å². The van der Waals surface area contributed by atoms with Crippen LogP contribution in [0.3, 0.4) is 0 Å². The topological polar surface area (TPSA) is 54.3 Å². The molecule has 0 spiro atoms. The highest BCUT2D eigenvalue weighted by Crippen LogP contribution is 2.34. The second kappa shape index (κ2) is 10.1. The van der Waals surface area contributed by atoms with Gasteiger partial charge in [0.15, 0.2) is 0 Å². The number of nitrogens with zero attached hydrogens (tertiary/aromatic N) is 3. The highest BCUT2D eigenvalue weighted by Gasteiger charge is 2.20. The molecule has 0 aliphatic rings. The lowest BCUT2D eigenvalue weighted by atomic mass is 10.2. The van der Waals surface area contributed by atoms with E-state index in [1.54, 1.807) is 19.5 Å². The summed E-state index contributed by atoms with van der Waals surface area (Å²) in [6.45, 7) is 8.90. The van der Waals surface area contributed by atoms with Gasteiger partial charge in [0.2, 0.25) is 0 Å². The van der Waals surface area contributed by atoms with Crippen LogP contribution in [0.2, 0.25) is 5.02 Å². The zero-order valence-electron chi connectivity index (χ0n) is 18.0. The Kier molecular flexibility index (Phi) is 8.11. The first-order chi connectivity index (χ1) is 13.7. The second-order valence-corrected chi connectivity index (χ2v) is 10.0. The molecule has 29 heavy (non-hydrogen) atoms. The SMILES string of the molecule is CCN(C)/C=N\c1cc(C)c(S(=O)(CC(C)C)=Nc2ccc(OC)cc2)cc1Cl. The Balaban J connectivity index is 2.57. The standard InChI is InChI=1S/C22H30ClN3O2S/c1-7-26(5)15-24-21-12-17(4)22(13-20(21)23)29(27,14-16(2)3)25-18-8-10-19(28-6)11-9-18/h8-13,15-16H,7,14H2,1-6H3/b24-15-. The Bertz CT molecular complexity index is 978. The van der Waals surface area contributed by atoms with Crippen molar-refractivity contribution in [3.05, 3.63) is 47.0 Å². The van der Waals surface area contributed by atoms with Gasteiger partial charge in [-0.3, -0.25) is 0 Å². The lowest BCUT2D eigenvalue weighted by Gasteiger charge is -2.17. The second-order valence-electron chi connectivity index (χ2n) is 7.38. The number of aliphatic imine (C=N–C) groups is 1. The minimum Gasteiger partial charge on any atom is -0.497 e. The van der Waals surface area contributed by atoms with Crippen LogP contribution < -0.4 is 4.74 Å². The summed E-state index contributed by atoms with van der Waals surface area (Å²) in [6.07, 6.45) is 1.74. The predicted octanol–water partition coefficient (Wildman–Crippen LogP) is 6.08. The quantitative estimate of drug-likeness (QED) is 0.372. The van der Waals surface area contributed by atoms with Crippen LogP contribution in [0.4, 0.5) is 11.4 Å². The third kappa shape index (κ3) is 6.21. The molecular formula is C22H30ClN3O2S. The van der Waals surface area contributed by atoms with Crippen molar-refractivity contribution in [2.24, 2.45) is 15.3 Å². The predicted molar refractivity (Wildman–Crippen MR) is 124 cm³/mol. The summed E-state index contributed by atoms with van der Waals surface area (Å²) in [7, 11) is 0.851. The molecule has 0 heterocycles. The van der Waals surface area contributed by atoms with Crippen LogP contribution in [0.1, 0.15) is 26.3 Å². The minimum atomic E-state index is -2.71. The van der Waals surface area contributed by atoms with Gasteiger partial charge in [0, 0.05) is 19.3 Å². The van der Waals surface area contributed by atoms with Gasteiger partial charge >= 0.3 is 0 Å². The highest BCUT2D eigenvalue weighted by atomic mass is 35.5. The van der Waals surface area contributed by atoms with E-state index in [9.17, 15) is 4.21 Å². The number of benzene rings is 2. The smallest absolute Gasteiger partial charge is 0.119 e. The minimum absolute atomic E-state index is 0.207. The summed E-state index contributed by atoms with van der Waals surface area (Å²) in [5, 5.41) is 0.466. The van der Waals surface area contributed by atoms with Crippen molar-refractivity contribution >= 4 is 39.0 Å². The molecule has 0 radical (unpaired) electrons. The molecule has 0 saturated carbocycles. The maximum Gasteiger partial charge on any atom is 0.119 e. The molecule has 0 aliphatic heterocycles. The van der Waals surface area contributed by atoms with Crippen molar-refractivity contribution in [1.29, 1.82) is 0 Å². The molecule has 1 unspecified atom stereocenters. The largest absolute Gasteiger partial charge is 0.497 e. The number of rotatable bonds is 8. The molecule has 0 amide bonds. The fraction of sp³-hybridized carbons (Fsp3) is 0.409. The maximum absolute atomic E-state index is 14.0. The number of ether oxygens (including phenoxy) is 1. The van der Waals surface area contributed by atoms with Crippen LogP contribution in [-0.2, 0) is 9.73 Å². The number of hydrogen-bond donors (Lipinski definition) is 0. The van der Waals surface area contributed by atoms with Crippen molar-refractivity contribution < 1.29 is 8.95 Å². The molecular weight excluding hydrogens is 406 g/mol. The molecule has 158 valence electrons. The number of halogens is 1. The first-order valence-electron chi connectivity index (χ1n) is 9.62. The van der Waals surface area contributed by atoms with E-state index in [0.717, 1.165) is 17.9 Å². The molecule has 0 bridgehead atoms. The van der Waals surface area contributed by atoms with E-state index in [2.05, 4.69) is 9.36 Å². The van der Waals surface area contributed by atoms with E-state index in [-0.39, 0.29) is 5.92 Å². The van der Waals surface area contributed by atoms with Gasteiger partial charge in [0.1, 0.15) is 5.75 Å². The van der Waals surface area contributed by atoms with Crippen molar-refractivity contribution in [2.45, 2.75) is 32.6 Å². The Labute approximate surface area is 179 Å². The van der Waals surface area contributed by atoms with Gasteiger partial charge in [0.05, 0.1) is 44.5 Å². The van der Waals surface area contributed by atoms with Gasteiger partial charge in [-0.1, -0.05) is 25.4 Å². The molecule has 7 heteroatoms. The van der Waals surface area contributed by atoms with Crippen molar-refractivity contribution in [2.75, 3.05) is 26.5 Å². The van der Waals surface area contributed by atoms with Crippen LogP contribution in [0, 0.1) is 12.8 Å². The van der Waals surface area contributed by atoms with E-state index < -0.39 is 9.73 Å². The third-order valence-corrected chi connectivity index (χ3v) is 7.42. The molecule has 2 aromatic carbocycles. The molecule has 0 aliphatic carbocycles. The molecule has 1 atom stereocenters. The average molecular weight is 436 g/mol. The average Bonchev–Trinajstić information content (AvgIpc) is 2.67. The summed E-state index contributed by atoms with van der Waals surface area (Å²) >= 11 is 6.50. The van der Waals surface area contributed by atoms with E-state index in [1.807, 2.05) is 70.0 Å². The van der Waals surface area contributed by atoms with Crippen molar-refractivity contribution in [1.82, 2.24) is 4.90 Å². The molecule has 2 rings (SSSR count). The Morgan fingerprint density at radius 2 is 1.90 bits per heavy atom. The fourth-order valence-corrected chi connectivity index (χ4v) is 5.63. The normalized spacial score (nSPS) is 13.5. The molecule has 2 aromatic rings. The number of hydrogen-bond acceptors (Lipinski definition) is 4. The van der Waals surface area contributed by atoms with E-state index in [1.165, 1.54) is 0 Å². The Hall–Kier alpha value is -2.05. The van der Waals surface area contributed by atoms with Gasteiger partial charge < -0.3 is 9.64 Å². The van der Waals surface area contributed by atoms with Gasteiger partial charge in [-0.05, 0) is 61.7 Å². The van der Waals surface area contributed by atoms with Gasteiger partial charge in [0.25, 0.3) is 0 Å².